The molecule has 3 aromatic carbocycles. The van der Waals surface area contributed by atoms with Gasteiger partial charge in [-0.25, -0.2) is 0 Å². The number of hydrogen-bond donors (Lipinski definition) is 0. The lowest BCUT2D eigenvalue weighted by molar-refractivity contribution is 1.70. The van der Waals surface area contributed by atoms with Gasteiger partial charge in [0.25, 0.3) is 0 Å². The first kappa shape index (κ1) is 9.93. The number of rotatable bonds is 0. The van der Waals surface area contributed by atoms with Crippen LogP contribution in [0.5, 0.6) is 0 Å². The molecule has 0 aliphatic rings. The van der Waals surface area contributed by atoms with E-state index in [0.29, 0.717) is 0 Å². The van der Waals surface area contributed by atoms with Crippen molar-refractivity contribution in [3.63, 3.8) is 0 Å². The lowest BCUT2D eigenvalue weighted by Gasteiger charge is -2.04. The minimum atomic E-state index is 1.08. The van der Waals surface area contributed by atoms with E-state index < -0.39 is 0 Å². The predicted molar refractivity (Wildman–Crippen MR) is 74.0 cm³/mol. The van der Waals surface area contributed by atoms with E-state index in [0.717, 1.165) is 5.56 Å². The first-order valence-electron chi connectivity index (χ1n) is 5.73. The average Bonchev–Trinajstić information content (AvgIpc) is 2.39. The molecule has 0 heterocycles. The Kier molecular flexibility index (Phi) is 2.31. The van der Waals surface area contributed by atoms with Gasteiger partial charge in [0.05, 0.1) is 0 Å². The van der Waals surface area contributed by atoms with Crippen LogP contribution >= 0.6 is 0 Å². The molecule has 0 amide bonds. The summed E-state index contributed by atoms with van der Waals surface area (Å²) in [7, 11) is 0. The van der Waals surface area contributed by atoms with Crippen LogP contribution in [-0.4, -0.2) is 0 Å². The van der Waals surface area contributed by atoms with Crippen LogP contribution in [0, 0.1) is 11.8 Å². The molecule has 0 fully saturated rings. The molecule has 0 aliphatic heterocycles. The van der Waals surface area contributed by atoms with Crippen LogP contribution in [0.2, 0.25) is 0 Å². The van der Waals surface area contributed by atoms with Crippen molar-refractivity contribution in [3.05, 3.63) is 60.2 Å². The second kappa shape index (κ2) is 3.96. The van der Waals surface area contributed by atoms with Gasteiger partial charge in [0, 0.05) is 5.56 Å². The fraction of sp³-hybridized carbons (Fsp3) is 0.0588. The maximum Gasteiger partial charge on any atom is 0.0251 e. The van der Waals surface area contributed by atoms with Gasteiger partial charge in [-0.05, 0) is 40.6 Å². The van der Waals surface area contributed by atoms with Crippen molar-refractivity contribution in [2.45, 2.75) is 6.92 Å². The Labute approximate surface area is 101 Å². The quantitative estimate of drug-likeness (QED) is 0.387. The van der Waals surface area contributed by atoms with Gasteiger partial charge in [-0.1, -0.05) is 48.4 Å². The van der Waals surface area contributed by atoms with E-state index in [1.807, 2.05) is 6.92 Å². The molecular formula is C17H12. The molecule has 0 N–H and O–H groups in total. The summed E-state index contributed by atoms with van der Waals surface area (Å²) < 4.78 is 0. The van der Waals surface area contributed by atoms with Gasteiger partial charge < -0.3 is 0 Å². The van der Waals surface area contributed by atoms with Gasteiger partial charge in [-0.2, -0.15) is 0 Å². The van der Waals surface area contributed by atoms with Gasteiger partial charge in [0.2, 0.25) is 0 Å². The summed E-state index contributed by atoms with van der Waals surface area (Å²) in [5.41, 5.74) is 1.08. The Morgan fingerprint density at radius 2 is 1.47 bits per heavy atom. The first-order chi connectivity index (χ1) is 8.38. The molecular weight excluding hydrogens is 204 g/mol. The van der Waals surface area contributed by atoms with Crippen LogP contribution in [0.4, 0.5) is 0 Å². The summed E-state index contributed by atoms with van der Waals surface area (Å²) in [5, 5.41) is 5.13. The van der Waals surface area contributed by atoms with Crippen molar-refractivity contribution in [1.29, 1.82) is 0 Å². The molecule has 0 spiro atoms. The summed E-state index contributed by atoms with van der Waals surface area (Å²) in [4.78, 5) is 0. The topological polar surface area (TPSA) is 0 Å². The van der Waals surface area contributed by atoms with Crippen LogP contribution in [0.3, 0.4) is 0 Å². The van der Waals surface area contributed by atoms with E-state index in [9.17, 15) is 0 Å². The van der Waals surface area contributed by atoms with E-state index in [1.165, 1.54) is 21.5 Å². The molecule has 17 heavy (non-hydrogen) atoms. The Morgan fingerprint density at radius 3 is 2.29 bits per heavy atom. The zero-order valence-corrected chi connectivity index (χ0v) is 9.70. The van der Waals surface area contributed by atoms with E-state index in [-0.39, 0.29) is 0 Å². The van der Waals surface area contributed by atoms with E-state index in [2.05, 4.69) is 66.4 Å². The maximum absolute atomic E-state index is 3.11. The Morgan fingerprint density at radius 1 is 0.765 bits per heavy atom. The van der Waals surface area contributed by atoms with Crippen molar-refractivity contribution in [2.75, 3.05) is 0 Å². The first-order valence-corrected chi connectivity index (χ1v) is 5.73. The predicted octanol–water partition coefficient (Wildman–Crippen LogP) is 4.36. The van der Waals surface area contributed by atoms with Crippen LogP contribution < -0.4 is 0 Å². The van der Waals surface area contributed by atoms with E-state index in [1.54, 1.807) is 0 Å². The molecule has 0 aromatic heterocycles. The molecule has 0 unspecified atom stereocenters. The van der Waals surface area contributed by atoms with Crippen molar-refractivity contribution < 1.29 is 0 Å². The van der Waals surface area contributed by atoms with Gasteiger partial charge in [-0.3, -0.25) is 0 Å². The Hall–Kier alpha value is -2.26. The van der Waals surface area contributed by atoms with Gasteiger partial charge in [0.15, 0.2) is 0 Å². The van der Waals surface area contributed by atoms with Crippen molar-refractivity contribution in [3.8, 4) is 11.8 Å². The molecule has 0 atom stereocenters. The van der Waals surface area contributed by atoms with Gasteiger partial charge in [0.1, 0.15) is 0 Å². The molecule has 0 aliphatic carbocycles. The summed E-state index contributed by atoms with van der Waals surface area (Å²) in [6.45, 7) is 1.87. The smallest absolute Gasteiger partial charge is 0.0251 e. The van der Waals surface area contributed by atoms with E-state index >= 15 is 0 Å². The largest absolute Gasteiger partial charge is 0.101 e. The van der Waals surface area contributed by atoms with Crippen molar-refractivity contribution in [2.24, 2.45) is 0 Å². The monoisotopic (exact) mass is 216 g/mol. The third kappa shape index (κ3) is 1.66. The van der Waals surface area contributed by atoms with Gasteiger partial charge in [-0.15, -0.1) is 5.92 Å². The fourth-order valence-corrected chi connectivity index (χ4v) is 2.22. The highest BCUT2D eigenvalue weighted by Crippen LogP contribution is 2.25. The molecule has 3 rings (SSSR count). The van der Waals surface area contributed by atoms with E-state index in [4.69, 9.17) is 0 Å². The molecule has 0 radical (unpaired) electrons. The molecule has 0 saturated carbocycles. The molecule has 80 valence electrons. The average molecular weight is 216 g/mol. The minimum absolute atomic E-state index is 1.08. The highest BCUT2D eigenvalue weighted by atomic mass is 14.0. The zero-order valence-electron chi connectivity index (χ0n) is 9.70. The standard InChI is InChI=1S/C17H12/c1-2-5-13-8-9-15-11-10-14-6-3-4-7-16(14)17(15)12-13/h3-4,6-12H,1H3. The second-order valence-electron chi connectivity index (χ2n) is 4.10. The Bertz CT molecular complexity index is 755. The molecule has 0 saturated heterocycles. The summed E-state index contributed by atoms with van der Waals surface area (Å²) in [5.74, 6) is 6.06. The lowest BCUT2D eigenvalue weighted by atomic mass is 10.0. The normalized spacial score (nSPS) is 10.2. The SMILES string of the molecule is CC#Cc1ccc2ccc3ccccc3c2c1. The van der Waals surface area contributed by atoms with Crippen LogP contribution in [0.25, 0.3) is 21.5 Å². The number of benzene rings is 3. The minimum Gasteiger partial charge on any atom is -0.101 e. The zero-order chi connectivity index (χ0) is 11.7. The molecule has 0 heteroatoms. The van der Waals surface area contributed by atoms with Crippen LogP contribution in [0.1, 0.15) is 12.5 Å². The van der Waals surface area contributed by atoms with Gasteiger partial charge >= 0.3 is 0 Å². The summed E-state index contributed by atoms with van der Waals surface area (Å²) in [6, 6.07) is 19.2. The van der Waals surface area contributed by atoms with Crippen molar-refractivity contribution >= 4 is 21.5 Å². The highest BCUT2D eigenvalue weighted by Gasteiger charge is 2.00. The van der Waals surface area contributed by atoms with Crippen molar-refractivity contribution in [1.82, 2.24) is 0 Å². The molecule has 0 nitrogen and oxygen atoms in total. The molecule has 0 bridgehead atoms. The number of fused-ring (bicyclic) bond motifs is 3. The third-order valence-corrected chi connectivity index (χ3v) is 3.02. The Balaban J connectivity index is 2.45. The fourth-order valence-electron chi connectivity index (χ4n) is 2.22. The third-order valence-electron chi connectivity index (χ3n) is 3.02. The highest BCUT2D eigenvalue weighted by molar-refractivity contribution is 6.07. The lowest BCUT2D eigenvalue weighted by Crippen LogP contribution is -1.79. The second-order valence-corrected chi connectivity index (χ2v) is 4.10. The van der Waals surface area contributed by atoms with Crippen LogP contribution in [0.15, 0.2) is 54.6 Å². The molecule has 3 aromatic rings. The summed E-state index contributed by atoms with van der Waals surface area (Å²) in [6.07, 6.45) is 0. The van der Waals surface area contributed by atoms with Crippen LogP contribution in [-0.2, 0) is 0 Å². The number of hydrogen-bond acceptors (Lipinski definition) is 0. The summed E-state index contributed by atoms with van der Waals surface area (Å²) >= 11 is 0. The maximum atomic E-state index is 3.11.